The number of thiazole rings is 1. The third-order valence-electron chi connectivity index (χ3n) is 2.35. The standard InChI is InChI=1S/C12H18N2O3S2/c1-3-4-5-18-7-9(15)13-6-10-14-8(2)11(19-10)12(16)17/h3-7H2,1-2H3,(H,13,15)(H,16,17). The van der Waals surface area contributed by atoms with Crippen LogP contribution in [0.1, 0.15) is 40.1 Å². The normalized spacial score (nSPS) is 10.4. The first-order valence-electron chi connectivity index (χ1n) is 6.08. The zero-order valence-electron chi connectivity index (χ0n) is 11.1. The average molecular weight is 302 g/mol. The number of aromatic carboxylic acids is 1. The van der Waals surface area contributed by atoms with E-state index in [0.29, 0.717) is 23.0 Å². The highest BCUT2D eigenvalue weighted by Crippen LogP contribution is 2.17. The second-order valence-electron chi connectivity index (χ2n) is 4.01. The molecule has 0 atom stereocenters. The fourth-order valence-electron chi connectivity index (χ4n) is 1.36. The lowest BCUT2D eigenvalue weighted by Gasteiger charge is -2.02. The zero-order valence-corrected chi connectivity index (χ0v) is 12.7. The number of carboxylic acid groups (broad SMARTS) is 1. The van der Waals surface area contributed by atoms with E-state index in [-0.39, 0.29) is 10.8 Å². The van der Waals surface area contributed by atoms with Gasteiger partial charge in [0.05, 0.1) is 18.0 Å². The van der Waals surface area contributed by atoms with Crippen LogP contribution in [-0.2, 0) is 11.3 Å². The summed E-state index contributed by atoms with van der Waals surface area (Å²) in [5.41, 5.74) is 0.499. The van der Waals surface area contributed by atoms with E-state index >= 15 is 0 Å². The van der Waals surface area contributed by atoms with Gasteiger partial charge in [0.15, 0.2) is 0 Å². The van der Waals surface area contributed by atoms with E-state index < -0.39 is 5.97 Å². The van der Waals surface area contributed by atoms with Crippen LogP contribution in [-0.4, -0.2) is 33.5 Å². The van der Waals surface area contributed by atoms with Gasteiger partial charge >= 0.3 is 5.97 Å². The number of aryl methyl sites for hydroxylation is 1. The predicted molar refractivity (Wildman–Crippen MR) is 77.9 cm³/mol. The molecule has 0 aliphatic heterocycles. The topological polar surface area (TPSA) is 79.3 Å². The molecule has 0 radical (unpaired) electrons. The molecule has 1 heterocycles. The second-order valence-corrected chi connectivity index (χ2v) is 6.20. The molecule has 5 nitrogen and oxygen atoms in total. The molecule has 1 aromatic rings. The Kier molecular flexibility index (Phi) is 6.86. The van der Waals surface area contributed by atoms with Gasteiger partial charge < -0.3 is 10.4 Å². The Balaban J connectivity index is 2.34. The molecule has 0 saturated heterocycles. The number of nitrogens with zero attached hydrogens (tertiary/aromatic N) is 1. The van der Waals surface area contributed by atoms with Crippen molar-refractivity contribution in [1.29, 1.82) is 0 Å². The maximum atomic E-state index is 11.5. The SMILES string of the molecule is CCCCSCC(=O)NCc1nc(C)c(C(=O)O)s1. The average Bonchev–Trinajstić information content (AvgIpc) is 2.74. The van der Waals surface area contributed by atoms with Gasteiger partial charge in [0.25, 0.3) is 0 Å². The minimum absolute atomic E-state index is 0.0363. The van der Waals surface area contributed by atoms with Gasteiger partial charge in [-0.15, -0.1) is 11.3 Å². The van der Waals surface area contributed by atoms with E-state index in [2.05, 4.69) is 17.2 Å². The molecule has 0 aliphatic carbocycles. The summed E-state index contributed by atoms with van der Waals surface area (Å²) in [6, 6.07) is 0. The quantitative estimate of drug-likeness (QED) is 0.720. The molecule has 7 heteroatoms. The summed E-state index contributed by atoms with van der Waals surface area (Å²) >= 11 is 2.72. The summed E-state index contributed by atoms with van der Waals surface area (Å²) in [7, 11) is 0. The molecule has 106 valence electrons. The van der Waals surface area contributed by atoms with Crippen LogP contribution < -0.4 is 5.32 Å². The minimum Gasteiger partial charge on any atom is -0.477 e. The van der Waals surface area contributed by atoms with Gasteiger partial charge in [-0.1, -0.05) is 13.3 Å². The Morgan fingerprint density at radius 1 is 1.47 bits per heavy atom. The van der Waals surface area contributed by atoms with Crippen LogP contribution in [0.5, 0.6) is 0 Å². The highest BCUT2D eigenvalue weighted by Gasteiger charge is 2.14. The van der Waals surface area contributed by atoms with Crippen LogP contribution in [0.4, 0.5) is 0 Å². The number of carbonyl (C=O) groups excluding carboxylic acids is 1. The van der Waals surface area contributed by atoms with E-state index in [0.717, 1.165) is 29.9 Å². The number of carbonyl (C=O) groups is 2. The monoisotopic (exact) mass is 302 g/mol. The van der Waals surface area contributed by atoms with E-state index in [1.54, 1.807) is 18.7 Å². The smallest absolute Gasteiger partial charge is 0.347 e. The maximum absolute atomic E-state index is 11.5. The third-order valence-corrected chi connectivity index (χ3v) is 4.54. The summed E-state index contributed by atoms with van der Waals surface area (Å²) in [5.74, 6) is 0.424. The molecule has 1 rings (SSSR count). The van der Waals surface area contributed by atoms with E-state index in [1.165, 1.54) is 0 Å². The van der Waals surface area contributed by atoms with Crippen LogP contribution in [0, 0.1) is 6.92 Å². The number of aromatic nitrogens is 1. The first kappa shape index (κ1) is 16.0. The molecule has 1 amide bonds. The Morgan fingerprint density at radius 2 is 2.21 bits per heavy atom. The molecule has 0 aliphatic rings. The molecule has 1 aromatic heterocycles. The Hall–Kier alpha value is -1.08. The summed E-state index contributed by atoms with van der Waals surface area (Å²) in [4.78, 5) is 26.8. The summed E-state index contributed by atoms with van der Waals surface area (Å²) in [5, 5.41) is 12.3. The lowest BCUT2D eigenvalue weighted by molar-refractivity contribution is -0.118. The third kappa shape index (κ3) is 5.61. The Bertz CT molecular complexity index is 446. The molecule has 19 heavy (non-hydrogen) atoms. The van der Waals surface area contributed by atoms with Crippen molar-refractivity contribution in [2.45, 2.75) is 33.2 Å². The molecular weight excluding hydrogens is 284 g/mol. The lowest BCUT2D eigenvalue weighted by atomic mass is 10.4. The highest BCUT2D eigenvalue weighted by atomic mass is 32.2. The van der Waals surface area contributed by atoms with Gasteiger partial charge in [0, 0.05) is 0 Å². The Labute approximate surface area is 120 Å². The van der Waals surface area contributed by atoms with Crippen molar-refractivity contribution in [2.75, 3.05) is 11.5 Å². The van der Waals surface area contributed by atoms with Crippen LogP contribution >= 0.6 is 23.1 Å². The van der Waals surface area contributed by atoms with Gasteiger partial charge in [0.2, 0.25) is 5.91 Å². The number of hydrogen-bond acceptors (Lipinski definition) is 5. The maximum Gasteiger partial charge on any atom is 0.347 e. The van der Waals surface area contributed by atoms with Gasteiger partial charge in [-0.2, -0.15) is 11.8 Å². The van der Waals surface area contributed by atoms with Crippen LogP contribution in [0.2, 0.25) is 0 Å². The van der Waals surface area contributed by atoms with Gasteiger partial charge in [-0.25, -0.2) is 9.78 Å². The highest BCUT2D eigenvalue weighted by molar-refractivity contribution is 7.99. The molecule has 0 saturated carbocycles. The zero-order chi connectivity index (χ0) is 14.3. The summed E-state index contributed by atoms with van der Waals surface area (Å²) in [6.45, 7) is 4.07. The molecule has 0 spiro atoms. The van der Waals surface area contributed by atoms with Crippen LogP contribution in [0.15, 0.2) is 0 Å². The number of rotatable bonds is 8. The Morgan fingerprint density at radius 3 is 2.79 bits per heavy atom. The molecule has 0 fully saturated rings. The first-order chi connectivity index (χ1) is 9.04. The van der Waals surface area contributed by atoms with Gasteiger partial charge in [-0.05, 0) is 19.1 Å². The van der Waals surface area contributed by atoms with E-state index in [4.69, 9.17) is 5.11 Å². The van der Waals surface area contributed by atoms with Crippen molar-refractivity contribution < 1.29 is 14.7 Å². The first-order valence-corrected chi connectivity index (χ1v) is 8.05. The van der Waals surface area contributed by atoms with Crippen molar-refractivity contribution in [2.24, 2.45) is 0 Å². The van der Waals surface area contributed by atoms with Gasteiger partial charge in [-0.3, -0.25) is 4.79 Å². The lowest BCUT2D eigenvalue weighted by Crippen LogP contribution is -2.24. The number of nitrogens with one attached hydrogen (secondary N) is 1. The number of unbranched alkanes of at least 4 members (excludes halogenated alkanes) is 1. The fraction of sp³-hybridized carbons (Fsp3) is 0.583. The number of carboxylic acids is 1. The number of hydrogen-bond donors (Lipinski definition) is 2. The largest absolute Gasteiger partial charge is 0.477 e. The molecule has 2 N–H and O–H groups in total. The second kappa shape index (κ2) is 8.16. The van der Waals surface area contributed by atoms with Crippen molar-refractivity contribution in [1.82, 2.24) is 10.3 Å². The van der Waals surface area contributed by atoms with Crippen molar-refractivity contribution >= 4 is 35.0 Å². The number of thioether (sulfide) groups is 1. The molecule has 0 aromatic carbocycles. The van der Waals surface area contributed by atoms with Crippen molar-refractivity contribution in [3.05, 3.63) is 15.6 Å². The van der Waals surface area contributed by atoms with Gasteiger partial charge in [0.1, 0.15) is 9.88 Å². The fourth-order valence-corrected chi connectivity index (χ4v) is 3.13. The molecule has 0 bridgehead atoms. The number of amides is 1. The summed E-state index contributed by atoms with van der Waals surface area (Å²) < 4.78 is 0. The van der Waals surface area contributed by atoms with Crippen molar-refractivity contribution in [3.63, 3.8) is 0 Å². The van der Waals surface area contributed by atoms with E-state index in [9.17, 15) is 9.59 Å². The molecule has 0 unspecified atom stereocenters. The predicted octanol–water partition coefficient (Wildman–Crippen LogP) is 2.30. The van der Waals surface area contributed by atoms with Crippen molar-refractivity contribution in [3.8, 4) is 0 Å². The van der Waals surface area contributed by atoms with Crippen LogP contribution in [0.3, 0.4) is 0 Å². The molecular formula is C12H18N2O3S2. The minimum atomic E-state index is -0.970. The van der Waals surface area contributed by atoms with Crippen LogP contribution in [0.25, 0.3) is 0 Å². The summed E-state index contributed by atoms with van der Waals surface area (Å²) in [6.07, 6.45) is 2.25. The van der Waals surface area contributed by atoms with E-state index in [1.807, 2.05) is 0 Å².